The van der Waals surface area contributed by atoms with Gasteiger partial charge in [-0.2, -0.15) is 5.26 Å². The Kier molecular flexibility index (Phi) is 4.30. The Morgan fingerprint density at radius 3 is 2.71 bits per heavy atom. The average Bonchev–Trinajstić information content (AvgIpc) is 2.25. The molecule has 0 aliphatic carbocycles. The number of benzene rings is 1. The van der Waals surface area contributed by atoms with Gasteiger partial charge in [-0.1, -0.05) is 37.3 Å². The molecule has 1 rings (SSSR count). The first-order valence-corrected chi connectivity index (χ1v) is 4.62. The fourth-order valence-electron chi connectivity index (χ4n) is 1.07. The van der Waals surface area contributed by atoms with Crippen molar-refractivity contribution < 1.29 is 4.74 Å². The van der Waals surface area contributed by atoms with E-state index in [-0.39, 0.29) is 0 Å². The largest absolute Gasteiger partial charge is 0.493 e. The van der Waals surface area contributed by atoms with Gasteiger partial charge < -0.3 is 4.74 Å². The number of allylic oxidation sites excluding steroid dienone is 2. The Labute approximate surface area is 84.4 Å². The maximum Gasteiger partial charge on any atom is 0.113 e. The molecule has 0 unspecified atom stereocenters. The zero-order chi connectivity index (χ0) is 10.2. The molecule has 2 heteroatoms. The molecule has 0 atom stereocenters. The second-order valence-corrected chi connectivity index (χ2v) is 2.87. The second kappa shape index (κ2) is 5.82. The summed E-state index contributed by atoms with van der Waals surface area (Å²) in [7, 11) is 0. The van der Waals surface area contributed by atoms with Crippen LogP contribution < -0.4 is 0 Å². The highest BCUT2D eigenvalue weighted by atomic mass is 16.5. The number of hydrogen-bond donors (Lipinski definition) is 0. The van der Waals surface area contributed by atoms with E-state index in [0.717, 1.165) is 17.7 Å². The second-order valence-electron chi connectivity index (χ2n) is 2.87. The Balaban J connectivity index is 2.49. The third-order valence-electron chi connectivity index (χ3n) is 1.84. The molecule has 0 fully saturated rings. The normalized spacial score (nSPS) is 10.7. The number of rotatable bonds is 4. The van der Waals surface area contributed by atoms with Gasteiger partial charge in [0.2, 0.25) is 0 Å². The van der Waals surface area contributed by atoms with E-state index >= 15 is 0 Å². The van der Waals surface area contributed by atoms with E-state index in [9.17, 15) is 0 Å². The summed E-state index contributed by atoms with van der Waals surface area (Å²) in [5.74, 6) is 0.733. The van der Waals surface area contributed by atoms with Gasteiger partial charge in [-0.25, -0.2) is 0 Å². The maximum atomic E-state index is 8.46. The predicted octanol–water partition coefficient (Wildman–Crippen LogP) is 3.02. The van der Waals surface area contributed by atoms with E-state index in [4.69, 9.17) is 10.00 Å². The van der Waals surface area contributed by atoms with Crippen molar-refractivity contribution in [2.75, 3.05) is 0 Å². The van der Waals surface area contributed by atoms with Gasteiger partial charge in [-0.15, -0.1) is 0 Å². The monoisotopic (exact) mass is 187 g/mol. The quantitative estimate of drug-likeness (QED) is 0.536. The first-order valence-electron chi connectivity index (χ1n) is 4.62. The van der Waals surface area contributed by atoms with E-state index in [0.29, 0.717) is 6.61 Å². The van der Waals surface area contributed by atoms with Gasteiger partial charge in [0.15, 0.2) is 0 Å². The Bertz CT molecular complexity index is 335. The third-order valence-corrected chi connectivity index (χ3v) is 1.84. The number of nitriles is 1. The molecule has 0 aliphatic rings. The minimum atomic E-state index is 0.530. The molecule has 0 saturated carbocycles. The lowest BCUT2D eigenvalue weighted by Crippen LogP contribution is -1.92. The van der Waals surface area contributed by atoms with Crippen molar-refractivity contribution in [3.8, 4) is 6.07 Å². The average molecular weight is 187 g/mol. The van der Waals surface area contributed by atoms with Gasteiger partial charge in [-0.3, -0.25) is 0 Å². The molecule has 1 aromatic carbocycles. The molecular formula is C12H13NO. The van der Waals surface area contributed by atoms with E-state index in [1.54, 1.807) is 0 Å². The molecule has 0 radical (unpaired) electrons. The van der Waals surface area contributed by atoms with Gasteiger partial charge in [0.05, 0.1) is 12.1 Å². The summed E-state index contributed by atoms with van der Waals surface area (Å²) in [4.78, 5) is 0. The van der Waals surface area contributed by atoms with E-state index in [2.05, 4.69) is 0 Å². The Morgan fingerprint density at radius 2 is 2.14 bits per heavy atom. The lowest BCUT2D eigenvalue weighted by atomic mass is 10.2. The van der Waals surface area contributed by atoms with Crippen LogP contribution in [0.5, 0.6) is 0 Å². The van der Waals surface area contributed by atoms with Crippen molar-refractivity contribution in [1.29, 1.82) is 5.26 Å². The summed E-state index contributed by atoms with van der Waals surface area (Å²) in [5.41, 5.74) is 1.12. The van der Waals surface area contributed by atoms with Crippen LogP contribution in [-0.4, -0.2) is 0 Å². The van der Waals surface area contributed by atoms with Crippen LogP contribution in [0.2, 0.25) is 0 Å². The minimum Gasteiger partial charge on any atom is -0.493 e. The molecule has 2 nitrogen and oxygen atoms in total. The van der Waals surface area contributed by atoms with Gasteiger partial charge >= 0.3 is 0 Å². The standard InChI is InChI=1S/C12H13NO/c1-2-12(8-9-13)14-10-11-6-4-3-5-7-11/h3-8H,2,10H2,1H3. The first kappa shape index (κ1) is 10.3. The van der Waals surface area contributed by atoms with Gasteiger partial charge in [-0.05, 0) is 5.56 Å². The summed E-state index contributed by atoms with van der Waals surface area (Å²) in [6, 6.07) is 11.9. The van der Waals surface area contributed by atoms with Crippen LogP contribution in [0.15, 0.2) is 42.2 Å². The molecule has 72 valence electrons. The molecule has 0 heterocycles. The summed E-state index contributed by atoms with van der Waals surface area (Å²) < 4.78 is 5.46. The zero-order valence-electron chi connectivity index (χ0n) is 8.23. The van der Waals surface area contributed by atoms with Crippen LogP contribution in [0.4, 0.5) is 0 Å². The summed E-state index contributed by atoms with van der Waals surface area (Å²) >= 11 is 0. The fraction of sp³-hybridized carbons (Fsp3) is 0.250. The highest BCUT2D eigenvalue weighted by Crippen LogP contribution is 2.07. The molecular weight excluding hydrogens is 174 g/mol. The Hall–Kier alpha value is -1.75. The highest BCUT2D eigenvalue weighted by Gasteiger charge is 1.95. The van der Waals surface area contributed by atoms with Crippen molar-refractivity contribution in [3.63, 3.8) is 0 Å². The van der Waals surface area contributed by atoms with Crippen LogP contribution in [0.1, 0.15) is 18.9 Å². The summed E-state index contributed by atoms with van der Waals surface area (Å²) in [6.45, 7) is 2.50. The SMILES string of the molecule is CCC(=CC#N)OCc1ccccc1. The topological polar surface area (TPSA) is 33.0 Å². The van der Waals surface area contributed by atoms with Gasteiger partial charge in [0, 0.05) is 6.42 Å². The van der Waals surface area contributed by atoms with Crippen LogP contribution in [0.25, 0.3) is 0 Å². The molecule has 14 heavy (non-hydrogen) atoms. The van der Waals surface area contributed by atoms with Gasteiger partial charge in [0.1, 0.15) is 12.4 Å². The van der Waals surface area contributed by atoms with E-state index in [1.165, 1.54) is 6.08 Å². The molecule has 0 N–H and O–H groups in total. The smallest absolute Gasteiger partial charge is 0.113 e. The summed E-state index contributed by atoms with van der Waals surface area (Å²) in [6.07, 6.45) is 2.20. The molecule has 0 bridgehead atoms. The van der Waals surface area contributed by atoms with Crippen molar-refractivity contribution in [2.45, 2.75) is 20.0 Å². The van der Waals surface area contributed by atoms with Crippen LogP contribution >= 0.6 is 0 Å². The number of ether oxygens (including phenoxy) is 1. The fourth-order valence-corrected chi connectivity index (χ4v) is 1.07. The number of nitrogens with zero attached hydrogens (tertiary/aromatic N) is 1. The lowest BCUT2D eigenvalue weighted by molar-refractivity contribution is 0.191. The first-order chi connectivity index (χ1) is 6.86. The Morgan fingerprint density at radius 1 is 1.43 bits per heavy atom. The predicted molar refractivity (Wildman–Crippen MR) is 55.2 cm³/mol. The van der Waals surface area contributed by atoms with Crippen LogP contribution in [0, 0.1) is 11.3 Å². The maximum absolute atomic E-state index is 8.46. The number of hydrogen-bond acceptors (Lipinski definition) is 2. The van der Waals surface area contributed by atoms with Crippen molar-refractivity contribution in [1.82, 2.24) is 0 Å². The van der Waals surface area contributed by atoms with Crippen LogP contribution in [-0.2, 0) is 11.3 Å². The molecule has 1 aromatic rings. The molecule has 0 aliphatic heterocycles. The van der Waals surface area contributed by atoms with E-state index < -0.39 is 0 Å². The highest BCUT2D eigenvalue weighted by molar-refractivity contribution is 5.14. The zero-order valence-corrected chi connectivity index (χ0v) is 8.23. The van der Waals surface area contributed by atoms with Crippen molar-refractivity contribution >= 4 is 0 Å². The molecule has 0 saturated heterocycles. The lowest BCUT2D eigenvalue weighted by Gasteiger charge is -2.06. The van der Waals surface area contributed by atoms with Gasteiger partial charge in [0.25, 0.3) is 0 Å². The van der Waals surface area contributed by atoms with Crippen LogP contribution in [0.3, 0.4) is 0 Å². The molecule has 0 amide bonds. The van der Waals surface area contributed by atoms with Crippen molar-refractivity contribution in [2.24, 2.45) is 0 Å². The summed E-state index contributed by atoms with van der Waals surface area (Å²) in [5, 5.41) is 8.46. The van der Waals surface area contributed by atoms with Crippen molar-refractivity contribution in [3.05, 3.63) is 47.7 Å². The molecule has 0 spiro atoms. The third kappa shape index (κ3) is 3.32. The molecule has 0 aromatic heterocycles. The van der Waals surface area contributed by atoms with E-state index in [1.807, 2.05) is 43.3 Å². The minimum absolute atomic E-state index is 0.530.